The third-order valence-corrected chi connectivity index (χ3v) is 8.94. The fourth-order valence-corrected chi connectivity index (χ4v) is 6.50. The van der Waals surface area contributed by atoms with E-state index in [4.69, 9.17) is 9.69 Å². The van der Waals surface area contributed by atoms with Gasteiger partial charge in [-0.25, -0.2) is 0 Å². The second kappa shape index (κ2) is 6.78. The van der Waals surface area contributed by atoms with Crippen molar-refractivity contribution < 1.29 is 37.7 Å². The summed E-state index contributed by atoms with van der Waals surface area (Å²) >= 11 is -1.78. The van der Waals surface area contributed by atoms with Crippen LogP contribution in [0.15, 0.2) is 11.1 Å². The number of alkyl halides is 3. The first-order valence-corrected chi connectivity index (χ1v) is 14.7. The third kappa shape index (κ3) is 3.36. The van der Waals surface area contributed by atoms with Crippen molar-refractivity contribution in [3.63, 3.8) is 0 Å². The Hall–Kier alpha value is -1.59. The van der Waals surface area contributed by atoms with Crippen LogP contribution in [0.1, 0.15) is 12.6 Å². The summed E-state index contributed by atoms with van der Waals surface area (Å²) in [5.41, 5.74) is -1.11. The van der Waals surface area contributed by atoms with E-state index >= 15 is 0 Å². The first-order valence-electron chi connectivity index (χ1n) is 7.63. The van der Waals surface area contributed by atoms with E-state index in [0.717, 1.165) is 6.07 Å². The zero-order valence-electron chi connectivity index (χ0n) is 14.4. The van der Waals surface area contributed by atoms with Crippen molar-refractivity contribution in [2.24, 2.45) is 14.1 Å². The molecule has 0 fully saturated rings. The summed E-state index contributed by atoms with van der Waals surface area (Å²) in [5, 5.41) is 6.71. The van der Waals surface area contributed by atoms with Crippen molar-refractivity contribution >= 4 is 35.1 Å². The number of halogens is 4. The van der Waals surface area contributed by atoms with Crippen LogP contribution in [0.3, 0.4) is 0 Å². The molecule has 0 aromatic carbocycles. The number of nitrogens with zero attached hydrogens (tertiary/aromatic N) is 6. The van der Waals surface area contributed by atoms with Gasteiger partial charge in [0.15, 0.2) is 0 Å². The molecular weight excluding hydrogens is 462 g/mol. The van der Waals surface area contributed by atoms with E-state index in [0.29, 0.717) is 4.42 Å². The van der Waals surface area contributed by atoms with Crippen LogP contribution in [0, 0.1) is 0 Å². The number of aryl methyl sites for hydroxylation is 1. The first-order chi connectivity index (χ1) is 12.5. The van der Waals surface area contributed by atoms with Gasteiger partial charge in [0.25, 0.3) is 0 Å². The van der Waals surface area contributed by atoms with Crippen LogP contribution in [0.25, 0.3) is 22.7 Å². The number of hydrogen-bond acceptors (Lipinski definition) is 6. The fourth-order valence-electron chi connectivity index (χ4n) is 2.62. The molecule has 0 saturated carbocycles. The number of sulfone groups is 1. The Morgan fingerprint density at radius 1 is 1.19 bits per heavy atom. The molecule has 0 aliphatic carbocycles. The van der Waals surface area contributed by atoms with Crippen LogP contribution in [0.4, 0.5) is 13.2 Å². The fraction of sp³-hybridized carbons (Fsp3) is 0.385. The van der Waals surface area contributed by atoms with Gasteiger partial charge >= 0.3 is 163 Å². The van der Waals surface area contributed by atoms with Crippen molar-refractivity contribution in [3.8, 4) is 11.5 Å². The Morgan fingerprint density at radius 3 is 2.41 bits per heavy atom. The van der Waals surface area contributed by atoms with Crippen LogP contribution in [-0.4, -0.2) is 43.5 Å². The Balaban J connectivity index is 2.32. The topological polar surface area (TPSA) is 95.6 Å². The van der Waals surface area contributed by atoms with Gasteiger partial charge in [-0.15, -0.1) is 0 Å². The van der Waals surface area contributed by atoms with Gasteiger partial charge in [0.05, 0.1) is 0 Å². The minimum atomic E-state index is -4.67. The van der Waals surface area contributed by atoms with Crippen molar-refractivity contribution in [2.45, 2.75) is 18.1 Å². The van der Waals surface area contributed by atoms with Gasteiger partial charge in [-0.05, 0) is 0 Å². The Labute approximate surface area is 163 Å². The summed E-state index contributed by atoms with van der Waals surface area (Å²) in [5.74, 6) is -0.0871. The van der Waals surface area contributed by atoms with Crippen molar-refractivity contribution in [1.29, 1.82) is 0 Å². The minimum absolute atomic E-state index is 0.0506. The molecule has 0 aliphatic rings. The average molecular weight is 474 g/mol. The second-order valence-corrected chi connectivity index (χ2v) is 11.2. The Bertz CT molecular complexity index is 1140. The molecule has 0 radical (unpaired) electrons. The first kappa shape index (κ1) is 20.2. The van der Waals surface area contributed by atoms with Gasteiger partial charge in [-0.1, -0.05) is 0 Å². The average Bonchev–Trinajstić information content (AvgIpc) is 3.11. The maximum atomic E-state index is 12.9. The molecule has 0 atom stereocenters. The van der Waals surface area contributed by atoms with Crippen molar-refractivity contribution in [2.75, 3.05) is 5.75 Å². The molecule has 3 heterocycles. The van der Waals surface area contributed by atoms with E-state index in [1.54, 1.807) is 7.05 Å². The molecule has 0 bridgehead atoms. The number of rotatable bonds is 4. The summed E-state index contributed by atoms with van der Waals surface area (Å²) in [4.78, 5) is 8.47. The van der Waals surface area contributed by atoms with E-state index in [-0.39, 0.29) is 33.5 Å². The SMILES string of the molecule is CCS(=O)(=O)c1c(-c2nc3cc(C(F)(F)F)nnc3n2C)n[c]([Zn][Cl])n1C. The Kier molecular flexibility index (Phi) is 5.06. The van der Waals surface area contributed by atoms with Crippen LogP contribution in [0.2, 0.25) is 0 Å². The second-order valence-electron chi connectivity index (χ2n) is 5.71. The van der Waals surface area contributed by atoms with Gasteiger partial charge in [0.2, 0.25) is 0 Å². The normalized spacial score (nSPS) is 12.6. The van der Waals surface area contributed by atoms with Crippen LogP contribution in [-0.2, 0) is 46.2 Å². The molecule has 27 heavy (non-hydrogen) atoms. The molecule has 3 aromatic rings. The molecule has 8 nitrogen and oxygen atoms in total. The van der Waals surface area contributed by atoms with E-state index < -0.39 is 37.8 Å². The molecule has 0 spiro atoms. The molecule has 14 heteroatoms. The van der Waals surface area contributed by atoms with Gasteiger partial charge in [-0.2, -0.15) is 0 Å². The summed E-state index contributed by atoms with van der Waals surface area (Å²) in [6.45, 7) is 1.49. The molecule has 3 aromatic heterocycles. The molecule has 0 amide bonds. The molecule has 0 aliphatic heterocycles. The molecule has 0 unspecified atom stereocenters. The van der Waals surface area contributed by atoms with E-state index in [9.17, 15) is 21.6 Å². The zero-order valence-corrected chi connectivity index (χ0v) is 19.0. The van der Waals surface area contributed by atoms with Gasteiger partial charge in [0, 0.05) is 0 Å². The molecule has 0 N–H and O–H groups in total. The van der Waals surface area contributed by atoms with Gasteiger partial charge in [0.1, 0.15) is 0 Å². The zero-order chi connectivity index (χ0) is 20.1. The Morgan fingerprint density at radius 2 is 1.85 bits per heavy atom. The number of aromatic nitrogens is 6. The van der Waals surface area contributed by atoms with Gasteiger partial charge < -0.3 is 0 Å². The number of fused-ring (bicyclic) bond motifs is 1. The molecule has 0 saturated heterocycles. The van der Waals surface area contributed by atoms with E-state index in [1.807, 2.05) is 0 Å². The number of imidazole rings is 2. The molecule has 3 rings (SSSR count). The summed E-state index contributed by atoms with van der Waals surface area (Å²) in [7, 11) is 5.40. The van der Waals surface area contributed by atoms with Crippen LogP contribution in [0.5, 0.6) is 0 Å². The molecule has 142 valence electrons. The summed E-state index contributed by atoms with van der Waals surface area (Å²) in [6.07, 6.45) is -4.67. The summed E-state index contributed by atoms with van der Waals surface area (Å²) < 4.78 is 67.0. The van der Waals surface area contributed by atoms with E-state index in [1.165, 1.54) is 23.1 Å². The predicted octanol–water partition coefficient (Wildman–Crippen LogP) is 1.44. The van der Waals surface area contributed by atoms with Gasteiger partial charge in [-0.3, -0.25) is 0 Å². The standard InChI is InChI=1S/C13H12F3N6O2S.ClH.Zn/c1-4-25(23,24)12-9(17-6-21(12)2)11-18-7-5-8(13(14,15)16)19-20-10(7)22(11)3;;/h5H,4H2,1-3H3;1H;/q;;+1/p-1. The maximum absolute atomic E-state index is 12.9. The molecular formula is C13H12ClF3N6O2SZn. The number of hydrogen-bond donors (Lipinski definition) is 0. The van der Waals surface area contributed by atoms with Crippen molar-refractivity contribution in [3.05, 3.63) is 11.8 Å². The quantitative estimate of drug-likeness (QED) is 0.532. The van der Waals surface area contributed by atoms with Crippen LogP contribution < -0.4 is 4.42 Å². The third-order valence-electron chi connectivity index (χ3n) is 4.05. The van der Waals surface area contributed by atoms with E-state index in [2.05, 4.69) is 20.2 Å². The summed E-state index contributed by atoms with van der Waals surface area (Å²) in [6, 6.07) is 0.767. The van der Waals surface area contributed by atoms with Crippen LogP contribution >= 0.6 is 9.69 Å². The predicted molar refractivity (Wildman–Crippen MR) is 86.7 cm³/mol. The monoisotopic (exact) mass is 472 g/mol. The van der Waals surface area contributed by atoms with Crippen molar-refractivity contribution in [1.82, 2.24) is 29.3 Å².